The van der Waals surface area contributed by atoms with Crippen molar-refractivity contribution in [2.75, 3.05) is 39.3 Å². The zero-order valence-corrected chi connectivity index (χ0v) is 12.0. The summed E-state index contributed by atoms with van der Waals surface area (Å²) >= 11 is 0. The van der Waals surface area contributed by atoms with E-state index in [1.807, 2.05) is 6.92 Å². The third-order valence-corrected chi connectivity index (χ3v) is 3.53. The molecule has 1 heterocycles. The molecule has 0 bridgehead atoms. The van der Waals surface area contributed by atoms with Crippen LogP contribution in [-0.2, 0) is 4.79 Å². The first-order chi connectivity index (χ1) is 9.56. The fourth-order valence-corrected chi connectivity index (χ4v) is 2.31. The highest BCUT2D eigenvalue weighted by atomic mass is 16.4. The molecule has 1 rings (SSSR count). The molecule has 3 N–H and O–H groups in total. The number of β-amino-alcohol motifs (C(OH)–C–C–N with tert-alkyl or cyclic N) is 1. The van der Waals surface area contributed by atoms with Crippen LogP contribution in [-0.4, -0.2) is 77.4 Å². The Morgan fingerprint density at radius 1 is 1.25 bits per heavy atom. The number of aliphatic hydroxyl groups excluding tert-OH is 1. The number of carboxylic acids is 1. The number of aliphatic hydroxyl groups is 1. The molecule has 7 nitrogen and oxygen atoms in total. The van der Waals surface area contributed by atoms with E-state index < -0.39 is 5.97 Å². The van der Waals surface area contributed by atoms with Crippen molar-refractivity contribution >= 4 is 12.0 Å². The highest BCUT2D eigenvalue weighted by molar-refractivity contribution is 5.76. The molecular weight excluding hydrogens is 262 g/mol. The number of carboxylic acid groups (broad SMARTS) is 1. The fraction of sp³-hybridized carbons (Fsp3) is 0.846. The van der Waals surface area contributed by atoms with Gasteiger partial charge in [-0.05, 0) is 19.4 Å². The van der Waals surface area contributed by atoms with Gasteiger partial charge in [-0.25, -0.2) is 4.79 Å². The lowest BCUT2D eigenvalue weighted by Crippen LogP contribution is -2.46. The largest absolute Gasteiger partial charge is 0.481 e. The van der Waals surface area contributed by atoms with E-state index in [1.54, 1.807) is 4.90 Å². The number of amides is 2. The van der Waals surface area contributed by atoms with E-state index in [2.05, 4.69) is 10.2 Å². The molecule has 1 aliphatic rings. The molecule has 0 aliphatic carbocycles. The first-order valence-electron chi connectivity index (χ1n) is 7.17. The van der Waals surface area contributed by atoms with E-state index in [1.165, 1.54) is 0 Å². The van der Waals surface area contributed by atoms with Crippen LogP contribution < -0.4 is 5.32 Å². The van der Waals surface area contributed by atoms with Crippen molar-refractivity contribution in [2.24, 2.45) is 0 Å². The second-order valence-corrected chi connectivity index (χ2v) is 5.06. The van der Waals surface area contributed by atoms with Crippen LogP contribution >= 0.6 is 0 Å². The molecule has 0 spiro atoms. The second-order valence-electron chi connectivity index (χ2n) is 5.06. The summed E-state index contributed by atoms with van der Waals surface area (Å²) in [5.74, 6) is -0.901. The lowest BCUT2D eigenvalue weighted by molar-refractivity contribution is -0.137. The number of carbonyl (C=O) groups excluding carboxylic acids is 1. The summed E-state index contributed by atoms with van der Waals surface area (Å²) in [6.07, 6.45) is 1.42. The average Bonchev–Trinajstić information content (AvgIpc) is 2.63. The summed E-state index contributed by atoms with van der Waals surface area (Å²) in [5.41, 5.74) is 0. The predicted molar refractivity (Wildman–Crippen MR) is 74.6 cm³/mol. The molecule has 0 saturated carbocycles. The number of hydrogen-bond donors (Lipinski definition) is 3. The van der Waals surface area contributed by atoms with Gasteiger partial charge in [0.1, 0.15) is 0 Å². The Morgan fingerprint density at radius 3 is 2.60 bits per heavy atom. The van der Waals surface area contributed by atoms with Gasteiger partial charge in [-0.2, -0.15) is 0 Å². The highest BCUT2D eigenvalue weighted by Gasteiger charge is 2.21. The van der Waals surface area contributed by atoms with Crippen LogP contribution in [0.4, 0.5) is 4.79 Å². The number of urea groups is 1. The second kappa shape index (κ2) is 8.76. The minimum atomic E-state index is -0.901. The van der Waals surface area contributed by atoms with E-state index in [0.717, 1.165) is 19.5 Å². The maximum absolute atomic E-state index is 12.1. The number of carbonyl (C=O) groups is 2. The number of aliphatic carboxylic acids is 1. The van der Waals surface area contributed by atoms with Gasteiger partial charge in [0.05, 0.1) is 13.0 Å². The first kappa shape index (κ1) is 16.7. The summed E-state index contributed by atoms with van der Waals surface area (Å²) in [6, 6.07) is -0.513. The molecule has 2 amide bonds. The van der Waals surface area contributed by atoms with E-state index in [4.69, 9.17) is 10.2 Å². The van der Waals surface area contributed by atoms with Crippen molar-refractivity contribution in [3.05, 3.63) is 0 Å². The van der Waals surface area contributed by atoms with Gasteiger partial charge in [-0.1, -0.05) is 6.92 Å². The monoisotopic (exact) mass is 287 g/mol. The van der Waals surface area contributed by atoms with Crippen molar-refractivity contribution in [1.82, 2.24) is 15.1 Å². The minimum absolute atomic E-state index is 0.0489. The Hall–Kier alpha value is -1.34. The Labute approximate surface area is 119 Å². The first-order valence-corrected chi connectivity index (χ1v) is 7.17. The predicted octanol–water partition coefficient (Wildman–Crippen LogP) is -0.0507. The van der Waals surface area contributed by atoms with E-state index in [9.17, 15) is 9.59 Å². The van der Waals surface area contributed by atoms with Gasteiger partial charge in [0, 0.05) is 32.2 Å². The lowest BCUT2D eigenvalue weighted by atomic mass is 10.1. The molecule has 20 heavy (non-hydrogen) atoms. The summed E-state index contributed by atoms with van der Waals surface area (Å²) in [5, 5.41) is 20.5. The number of nitrogens with zero attached hydrogens (tertiary/aromatic N) is 2. The summed E-state index contributed by atoms with van der Waals surface area (Å²) in [7, 11) is 0. The normalized spacial score (nSPS) is 18.4. The average molecular weight is 287 g/mol. The van der Waals surface area contributed by atoms with Crippen LogP contribution in [0.25, 0.3) is 0 Å². The standard InChI is InChI=1S/C13H25N3O4/c1-2-11(10-12(18)19)14-13(20)16-5-3-4-15(6-7-16)8-9-17/h11,17H,2-10H2,1H3,(H,14,20)(H,18,19). The Balaban J connectivity index is 2.44. The van der Waals surface area contributed by atoms with Crippen LogP contribution in [0, 0.1) is 0 Å². The highest BCUT2D eigenvalue weighted by Crippen LogP contribution is 2.05. The topological polar surface area (TPSA) is 93.1 Å². The lowest BCUT2D eigenvalue weighted by Gasteiger charge is -2.24. The van der Waals surface area contributed by atoms with E-state index >= 15 is 0 Å². The molecule has 0 aromatic heterocycles. The SMILES string of the molecule is CCC(CC(=O)O)NC(=O)N1CCCN(CCO)CC1. The maximum atomic E-state index is 12.1. The van der Waals surface area contributed by atoms with Gasteiger partial charge in [0.15, 0.2) is 0 Å². The molecule has 1 saturated heterocycles. The quantitative estimate of drug-likeness (QED) is 0.637. The molecule has 7 heteroatoms. The maximum Gasteiger partial charge on any atom is 0.317 e. The molecule has 0 radical (unpaired) electrons. The molecule has 1 fully saturated rings. The Bertz CT molecular complexity index is 325. The van der Waals surface area contributed by atoms with Gasteiger partial charge < -0.3 is 20.4 Å². The summed E-state index contributed by atoms with van der Waals surface area (Å²) < 4.78 is 0. The van der Waals surface area contributed by atoms with Crippen LogP contribution in [0.15, 0.2) is 0 Å². The molecule has 0 aromatic carbocycles. The molecule has 0 aromatic rings. The van der Waals surface area contributed by atoms with Gasteiger partial charge >= 0.3 is 12.0 Å². The van der Waals surface area contributed by atoms with Crippen molar-refractivity contribution in [2.45, 2.75) is 32.2 Å². The minimum Gasteiger partial charge on any atom is -0.481 e. The van der Waals surface area contributed by atoms with Crippen molar-refractivity contribution in [3.8, 4) is 0 Å². The number of rotatable bonds is 6. The van der Waals surface area contributed by atoms with E-state index in [0.29, 0.717) is 26.1 Å². The van der Waals surface area contributed by atoms with Gasteiger partial charge in [-0.15, -0.1) is 0 Å². The Kier molecular flexibility index (Phi) is 7.32. The molecule has 1 unspecified atom stereocenters. The van der Waals surface area contributed by atoms with Crippen molar-refractivity contribution < 1.29 is 19.8 Å². The van der Waals surface area contributed by atoms with Crippen LogP contribution in [0.5, 0.6) is 0 Å². The Morgan fingerprint density at radius 2 is 2.00 bits per heavy atom. The van der Waals surface area contributed by atoms with Gasteiger partial charge in [-0.3, -0.25) is 9.69 Å². The van der Waals surface area contributed by atoms with Crippen LogP contribution in [0.1, 0.15) is 26.2 Å². The van der Waals surface area contributed by atoms with Crippen molar-refractivity contribution in [1.29, 1.82) is 0 Å². The van der Waals surface area contributed by atoms with Crippen LogP contribution in [0.3, 0.4) is 0 Å². The van der Waals surface area contributed by atoms with Gasteiger partial charge in [0.25, 0.3) is 0 Å². The van der Waals surface area contributed by atoms with Crippen molar-refractivity contribution in [3.63, 3.8) is 0 Å². The molecule has 116 valence electrons. The smallest absolute Gasteiger partial charge is 0.317 e. The fourth-order valence-electron chi connectivity index (χ4n) is 2.31. The number of nitrogens with one attached hydrogen (secondary N) is 1. The van der Waals surface area contributed by atoms with E-state index in [-0.39, 0.29) is 25.1 Å². The molecule has 1 atom stereocenters. The van der Waals surface area contributed by atoms with Gasteiger partial charge in [0.2, 0.25) is 0 Å². The molecule has 1 aliphatic heterocycles. The van der Waals surface area contributed by atoms with Crippen LogP contribution in [0.2, 0.25) is 0 Å². The zero-order valence-electron chi connectivity index (χ0n) is 12.0. The third-order valence-electron chi connectivity index (χ3n) is 3.53. The zero-order chi connectivity index (χ0) is 15.0. The summed E-state index contributed by atoms with van der Waals surface area (Å²) in [4.78, 5) is 26.7. The molecular formula is C13H25N3O4. The summed E-state index contributed by atoms with van der Waals surface area (Å²) in [6.45, 7) is 5.50. The number of hydrogen-bond acceptors (Lipinski definition) is 4. The third kappa shape index (κ3) is 5.75.